The smallest absolute Gasteiger partial charge is 0.0602 e. The predicted molar refractivity (Wildman–Crippen MR) is 197 cm³/mol. The van der Waals surface area contributed by atoms with E-state index in [4.69, 9.17) is 0 Å². The van der Waals surface area contributed by atoms with E-state index in [1.54, 1.807) is 0 Å². The summed E-state index contributed by atoms with van der Waals surface area (Å²) < 4.78 is 0. The highest BCUT2D eigenvalue weighted by Crippen LogP contribution is 2.65. The SMILES string of the molecule is CC1CCC(C2CC(C3CCCCC3)C(O)C(C3CCCCC3)C2)(C2CC(C3CCCCC3)C(O)C(C3CCCCC3)C2)CC1(C)C. The van der Waals surface area contributed by atoms with Gasteiger partial charge in [-0.3, -0.25) is 0 Å². The molecule has 5 unspecified atom stereocenters. The summed E-state index contributed by atoms with van der Waals surface area (Å²) in [4.78, 5) is 0. The molecule has 7 fully saturated rings. The minimum Gasteiger partial charge on any atom is -0.393 e. The molecular formula is C45H78O2. The minimum atomic E-state index is -0.0526. The Morgan fingerprint density at radius 3 is 1.00 bits per heavy atom. The van der Waals surface area contributed by atoms with Gasteiger partial charge >= 0.3 is 0 Å². The zero-order valence-corrected chi connectivity index (χ0v) is 31.5. The lowest BCUT2D eigenvalue weighted by molar-refractivity contribution is -0.156. The quantitative estimate of drug-likeness (QED) is 0.300. The van der Waals surface area contributed by atoms with Crippen LogP contribution in [0.2, 0.25) is 0 Å². The lowest BCUT2D eigenvalue weighted by Gasteiger charge is -2.62. The summed E-state index contributed by atoms with van der Waals surface area (Å²) in [6.45, 7) is 7.87. The Balaban J connectivity index is 1.26. The van der Waals surface area contributed by atoms with Crippen LogP contribution >= 0.6 is 0 Å². The molecule has 0 amide bonds. The van der Waals surface area contributed by atoms with Crippen molar-refractivity contribution in [1.82, 2.24) is 0 Å². The standard InChI is InChI=1S/C45H78O2/c1-31-24-25-45(30-44(31,2)3,36-26-38(32-16-8-4-9-17-32)42(46)39(27-36)33-18-10-5-11-19-33)37-28-40(34-20-12-6-13-21-34)43(47)41(29-37)35-22-14-7-15-23-35/h31-43,46-47H,4-30H2,1-3H3. The number of hydrogen-bond acceptors (Lipinski definition) is 2. The van der Waals surface area contributed by atoms with Crippen LogP contribution in [0.15, 0.2) is 0 Å². The third kappa shape index (κ3) is 7.33. The topological polar surface area (TPSA) is 40.5 Å². The average Bonchev–Trinajstić information content (AvgIpc) is 3.11. The highest BCUT2D eigenvalue weighted by Gasteiger charge is 2.58. The highest BCUT2D eigenvalue weighted by atomic mass is 16.3. The molecule has 2 N–H and O–H groups in total. The van der Waals surface area contributed by atoms with Crippen molar-refractivity contribution in [3.8, 4) is 0 Å². The third-order valence-electron chi connectivity index (χ3n) is 17.8. The van der Waals surface area contributed by atoms with E-state index in [1.165, 1.54) is 173 Å². The second kappa shape index (κ2) is 15.3. The molecule has 0 aromatic carbocycles. The van der Waals surface area contributed by atoms with Crippen LogP contribution in [-0.2, 0) is 0 Å². The molecule has 0 aromatic rings. The number of aliphatic hydroxyl groups excluding tert-OH is 2. The highest BCUT2D eigenvalue weighted by molar-refractivity contribution is 5.08. The summed E-state index contributed by atoms with van der Waals surface area (Å²) in [6.07, 6.45) is 37.3. The van der Waals surface area contributed by atoms with E-state index >= 15 is 0 Å². The summed E-state index contributed by atoms with van der Waals surface area (Å²) in [6, 6.07) is 0. The maximum absolute atomic E-state index is 12.4. The van der Waals surface area contributed by atoms with Crippen molar-refractivity contribution in [3.05, 3.63) is 0 Å². The van der Waals surface area contributed by atoms with Gasteiger partial charge in [-0.05, 0) is 121 Å². The maximum atomic E-state index is 12.4. The Bertz CT molecular complexity index is 844. The largest absolute Gasteiger partial charge is 0.393 e. The molecule has 0 radical (unpaired) electrons. The second-order valence-corrected chi connectivity index (χ2v) is 20.4. The van der Waals surface area contributed by atoms with Gasteiger partial charge in [0.15, 0.2) is 0 Å². The van der Waals surface area contributed by atoms with Gasteiger partial charge in [-0.25, -0.2) is 0 Å². The van der Waals surface area contributed by atoms with Gasteiger partial charge in [0, 0.05) is 0 Å². The molecule has 7 aliphatic carbocycles. The van der Waals surface area contributed by atoms with Gasteiger partial charge in [0.25, 0.3) is 0 Å². The molecule has 5 atom stereocenters. The Morgan fingerprint density at radius 1 is 0.426 bits per heavy atom. The summed E-state index contributed by atoms with van der Waals surface area (Å²) in [5.41, 5.74) is 0.779. The zero-order valence-electron chi connectivity index (χ0n) is 31.5. The van der Waals surface area contributed by atoms with E-state index in [2.05, 4.69) is 20.8 Å². The molecule has 0 heterocycles. The fourth-order valence-electron chi connectivity index (χ4n) is 14.8. The first kappa shape index (κ1) is 35.3. The molecule has 270 valence electrons. The molecule has 0 aromatic heterocycles. The summed E-state index contributed by atoms with van der Waals surface area (Å²) in [5.74, 6) is 7.55. The number of rotatable bonds is 6. The van der Waals surface area contributed by atoms with Crippen LogP contribution in [0.3, 0.4) is 0 Å². The molecule has 0 bridgehead atoms. The maximum Gasteiger partial charge on any atom is 0.0602 e. The van der Waals surface area contributed by atoms with E-state index in [1.807, 2.05) is 0 Å². The summed E-state index contributed by atoms with van der Waals surface area (Å²) in [5, 5.41) is 24.8. The van der Waals surface area contributed by atoms with Gasteiger partial charge in [-0.15, -0.1) is 0 Å². The normalized spacial score (nSPS) is 45.5. The van der Waals surface area contributed by atoms with Crippen molar-refractivity contribution < 1.29 is 10.2 Å². The first-order valence-corrected chi connectivity index (χ1v) is 22.1. The van der Waals surface area contributed by atoms with E-state index < -0.39 is 0 Å². The van der Waals surface area contributed by atoms with E-state index in [-0.39, 0.29) is 12.2 Å². The Labute approximate surface area is 291 Å². The first-order valence-electron chi connectivity index (χ1n) is 22.1. The van der Waals surface area contributed by atoms with Gasteiger partial charge < -0.3 is 10.2 Å². The van der Waals surface area contributed by atoms with Crippen LogP contribution < -0.4 is 0 Å². The predicted octanol–water partition coefficient (Wildman–Crippen LogP) is 12.1. The molecule has 7 rings (SSSR count). The fraction of sp³-hybridized carbons (Fsp3) is 1.00. The Morgan fingerprint density at radius 2 is 0.723 bits per heavy atom. The molecule has 2 heteroatoms. The van der Waals surface area contributed by atoms with Crippen LogP contribution in [0.1, 0.15) is 194 Å². The lowest BCUT2D eigenvalue weighted by Crippen LogP contribution is -2.56. The number of hydrogen-bond donors (Lipinski definition) is 2. The van der Waals surface area contributed by atoms with Crippen LogP contribution in [0.25, 0.3) is 0 Å². The van der Waals surface area contributed by atoms with Crippen molar-refractivity contribution in [2.75, 3.05) is 0 Å². The number of aliphatic hydroxyl groups is 2. The molecular weight excluding hydrogens is 572 g/mol. The van der Waals surface area contributed by atoms with Crippen molar-refractivity contribution in [3.63, 3.8) is 0 Å². The van der Waals surface area contributed by atoms with E-state index in [0.29, 0.717) is 34.5 Å². The van der Waals surface area contributed by atoms with E-state index in [0.717, 1.165) is 41.4 Å². The molecule has 47 heavy (non-hydrogen) atoms. The monoisotopic (exact) mass is 651 g/mol. The Kier molecular flexibility index (Phi) is 11.5. The molecule has 7 saturated carbocycles. The van der Waals surface area contributed by atoms with Gasteiger partial charge in [-0.2, -0.15) is 0 Å². The summed E-state index contributed by atoms with van der Waals surface area (Å²) in [7, 11) is 0. The molecule has 0 spiro atoms. The van der Waals surface area contributed by atoms with Crippen molar-refractivity contribution >= 4 is 0 Å². The molecule has 2 nitrogen and oxygen atoms in total. The van der Waals surface area contributed by atoms with Crippen LogP contribution in [0.5, 0.6) is 0 Å². The van der Waals surface area contributed by atoms with Gasteiger partial charge in [0.2, 0.25) is 0 Å². The Hall–Kier alpha value is -0.0800. The average molecular weight is 651 g/mol. The van der Waals surface area contributed by atoms with Crippen LogP contribution in [0, 0.1) is 75.9 Å². The van der Waals surface area contributed by atoms with Crippen molar-refractivity contribution in [2.45, 2.75) is 206 Å². The molecule has 0 aliphatic heterocycles. The zero-order chi connectivity index (χ0) is 32.6. The van der Waals surface area contributed by atoms with E-state index in [9.17, 15) is 10.2 Å². The fourth-order valence-corrected chi connectivity index (χ4v) is 14.8. The summed E-state index contributed by atoms with van der Waals surface area (Å²) >= 11 is 0. The second-order valence-electron chi connectivity index (χ2n) is 20.4. The van der Waals surface area contributed by atoms with Gasteiger partial charge in [-0.1, -0.05) is 149 Å². The van der Waals surface area contributed by atoms with Gasteiger partial charge in [0.05, 0.1) is 12.2 Å². The minimum absolute atomic E-state index is 0.0526. The lowest BCUT2D eigenvalue weighted by atomic mass is 9.43. The van der Waals surface area contributed by atoms with Gasteiger partial charge in [0.1, 0.15) is 0 Å². The van der Waals surface area contributed by atoms with Crippen LogP contribution in [0.4, 0.5) is 0 Å². The molecule has 0 saturated heterocycles. The van der Waals surface area contributed by atoms with Crippen molar-refractivity contribution in [1.29, 1.82) is 0 Å². The first-order chi connectivity index (χ1) is 22.8. The third-order valence-corrected chi connectivity index (χ3v) is 17.8. The van der Waals surface area contributed by atoms with Crippen LogP contribution in [-0.4, -0.2) is 22.4 Å². The molecule has 7 aliphatic rings. The van der Waals surface area contributed by atoms with Crippen molar-refractivity contribution in [2.24, 2.45) is 75.9 Å².